The van der Waals surface area contributed by atoms with Gasteiger partial charge in [0, 0.05) is 6.54 Å². The fourth-order valence-electron chi connectivity index (χ4n) is 1.89. The van der Waals surface area contributed by atoms with Gasteiger partial charge in [-0.05, 0) is 29.8 Å². The van der Waals surface area contributed by atoms with Crippen molar-refractivity contribution in [2.45, 2.75) is 6.42 Å². The Balaban J connectivity index is 2.23. The van der Waals surface area contributed by atoms with Gasteiger partial charge in [0.2, 0.25) is 0 Å². The molecule has 2 aromatic carbocycles. The molecule has 0 amide bonds. The minimum absolute atomic E-state index is 0.116. The zero-order chi connectivity index (χ0) is 11.4. The van der Waals surface area contributed by atoms with Crippen molar-refractivity contribution in [1.82, 2.24) is 4.90 Å². The normalized spacial score (nSPS) is 11.2. The van der Waals surface area contributed by atoms with Crippen molar-refractivity contribution < 1.29 is 5.11 Å². The SMILES string of the molecule is CN(CO)CCc1cccc2ccccc12. The van der Waals surface area contributed by atoms with Gasteiger partial charge < -0.3 is 5.11 Å². The van der Waals surface area contributed by atoms with Crippen molar-refractivity contribution in [3.05, 3.63) is 48.0 Å². The predicted molar refractivity (Wildman–Crippen MR) is 67.4 cm³/mol. The molecule has 2 rings (SSSR count). The van der Waals surface area contributed by atoms with Crippen LogP contribution in [0.15, 0.2) is 42.5 Å². The standard InChI is InChI=1S/C14H17NO/c1-15(11-16)10-9-13-7-4-6-12-5-2-3-8-14(12)13/h2-8,16H,9-11H2,1H3. The molecule has 2 heteroatoms. The van der Waals surface area contributed by atoms with Gasteiger partial charge in [0.05, 0.1) is 6.73 Å². The zero-order valence-electron chi connectivity index (χ0n) is 9.56. The molecule has 0 fully saturated rings. The highest BCUT2D eigenvalue weighted by atomic mass is 16.3. The number of aliphatic hydroxyl groups is 1. The summed E-state index contributed by atoms with van der Waals surface area (Å²) in [6.07, 6.45) is 0.971. The number of fused-ring (bicyclic) bond motifs is 1. The molecule has 2 aromatic rings. The molecular weight excluding hydrogens is 198 g/mol. The van der Waals surface area contributed by atoms with E-state index in [0.29, 0.717) is 0 Å². The summed E-state index contributed by atoms with van der Waals surface area (Å²) in [5, 5.41) is 11.6. The molecule has 0 spiro atoms. The van der Waals surface area contributed by atoms with Crippen molar-refractivity contribution in [3.63, 3.8) is 0 Å². The smallest absolute Gasteiger partial charge is 0.0954 e. The number of nitrogens with zero attached hydrogens (tertiary/aromatic N) is 1. The third-order valence-electron chi connectivity index (χ3n) is 2.88. The van der Waals surface area contributed by atoms with E-state index in [1.165, 1.54) is 16.3 Å². The second-order valence-electron chi connectivity index (χ2n) is 4.11. The average Bonchev–Trinajstić information content (AvgIpc) is 2.35. The van der Waals surface area contributed by atoms with Gasteiger partial charge >= 0.3 is 0 Å². The quantitative estimate of drug-likeness (QED) is 0.791. The lowest BCUT2D eigenvalue weighted by Crippen LogP contribution is -2.21. The highest BCUT2D eigenvalue weighted by Crippen LogP contribution is 2.18. The maximum absolute atomic E-state index is 8.95. The van der Waals surface area contributed by atoms with E-state index in [4.69, 9.17) is 5.11 Å². The van der Waals surface area contributed by atoms with Crippen LogP contribution in [0.5, 0.6) is 0 Å². The molecular formula is C14H17NO. The number of hydrogen-bond acceptors (Lipinski definition) is 2. The van der Waals surface area contributed by atoms with Crippen LogP contribution in [-0.2, 0) is 6.42 Å². The molecule has 84 valence electrons. The number of hydrogen-bond donors (Lipinski definition) is 1. The Bertz CT molecular complexity index is 462. The molecule has 0 heterocycles. The molecule has 2 nitrogen and oxygen atoms in total. The maximum Gasteiger partial charge on any atom is 0.0954 e. The van der Waals surface area contributed by atoms with Gasteiger partial charge in [-0.25, -0.2) is 0 Å². The first-order valence-electron chi connectivity index (χ1n) is 5.57. The maximum atomic E-state index is 8.95. The molecule has 0 bridgehead atoms. The molecule has 0 aliphatic carbocycles. The molecule has 16 heavy (non-hydrogen) atoms. The number of rotatable bonds is 4. The Hall–Kier alpha value is -1.38. The Morgan fingerprint density at radius 2 is 1.81 bits per heavy atom. The van der Waals surface area contributed by atoms with E-state index < -0.39 is 0 Å². The Kier molecular flexibility index (Phi) is 3.54. The van der Waals surface area contributed by atoms with Gasteiger partial charge in [-0.2, -0.15) is 0 Å². The molecule has 0 saturated heterocycles. The van der Waals surface area contributed by atoms with Crippen LogP contribution in [0, 0.1) is 0 Å². The average molecular weight is 215 g/mol. The van der Waals surface area contributed by atoms with Crippen LogP contribution in [0.25, 0.3) is 10.8 Å². The van der Waals surface area contributed by atoms with Crippen molar-refractivity contribution in [1.29, 1.82) is 0 Å². The molecule has 0 atom stereocenters. The third-order valence-corrected chi connectivity index (χ3v) is 2.88. The topological polar surface area (TPSA) is 23.5 Å². The van der Waals surface area contributed by atoms with E-state index in [-0.39, 0.29) is 6.73 Å². The van der Waals surface area contributed by atoms with Gasteiger partial charge in [0.1, 0.15) is 0 Å². The lowest BCUT2D eigenvalue weighted by molar-refractivity contribution is 0.134. The summed E-state index contributed by atoms with van der Waals surface area (Å²) < 4.78 is 0. The lowest BCUT2D eigenvalue weighted by Gasteiger charge is -2.13. The van der Waals surface area contributed by atoms with Crippen molar-refractivity contribution in [2.24, 2.45) is 0 Å². The summed E-state index contributed by atoms with van der Waals surface area (Å²) in [5.74, 6) is 0. The van der Waals surface area contributed by atoms with Crippen LogP contribution < -0.4 is 0 Å². The molecule has 0 saturated carbocycles. The van der Waals surface area contributed by atoms with E-state index >= 15 is 0 Å². The third kappa shape index (κ3) is 2.40. The van der Waals surface area contributed by atoms with Crippen LogP contribution in [0.1, 0.15) is 5.56 Å². The van der Waals surface area contributed by atoms with E-state index in [0.717, 1.165) is 13.0 Å². The summed E-state index contributed by atoms with van der Waals surface area (Å²) in [7, 11) is 1.92. The van der Waals surface area contributed by atoms with E-state index in [1.807, 2.05) is 11.9 Å². The minimum Gasteiger partial charge on any atom is -0.381 e. The summed E-state index contributed by atoms with van der Waals surface area (Å²) in [6, 6.07) is 14.8. The fourth-order valence-corrected chi connectivity index (χ4v) is 1.89. The van der Waals surface area contributed by atoms with E-state index in [9.17, 15) is 0 Å². The monoisotopic (exact) mass is 215 g/mol. The zero-order valence-corrected chi connectivity index (χ0v) is 9.56. The Morgan fingerprint density at radius 3 is 2.62 bits per heavy atom. The Morgan fingerprint density at radius 1 is 1.06 bits per heavy atom. The Labute approximate surface area is 96.1 Å². The van der Waals surface area contributed by atoms with Crippen LogP contribution >= 0.6 is 0 Å². The summed E-state index contributed by atoms with van der Waals surface area (Å²) in [6.45, 7) is 0.995. The summed E-state index contributed by atoms with van der Waals surface area (Å²) in [5.41, 5.74) is 1.35. The summed E-state index contributed by atoms with van der Waals surface area (Å²) in [4.78, 5) is 1.90. The van der Waals surface area contributed by atoms with Crippen molar-refractivity contribution in [2.75, 3.05) is 20.3 Å². The fraction of sp³-hybridized carbons (Fsp3) is 0.286. The van der Waals surface area contributed by atoms with Gasteiger partial charge in [-0.3, -0.25) is 4.90 Å². The number of aliphatic hydroxyl groups excluding tert-OH is 1. The second-order valence-corrected chi connectivity index (χ2v) is 4.11. The predicted octanol–water partition coefficient (Wildman–Crippen LogP) is 2.26. The minimum atomic E-state index is 0.116. The number of likely N-dealkylation sites (N-methyl/N-ethyl adjacent to an activating group) is 1. The summed E-state index contributed by atoms with van der Waals surface area (Å²) >= 11 is 0. The first-order valence-corrected chi connectivity index (χ1v) is 5.57. The van der Waals surface area contributed by atoms with Crippen LogP contribution in [0.2, 0.25) is 0 Å². The molecule has 0 radical (unpaired) electrons. The first kappa shape index (κ1) is 11.1. The van der Waals surface area contributed by atoms with Crippen LogP contribution in [0.4, 0.5) is 0 Å². The number of benzene rings is 2. The van der Waals surface area contributed by atoms with Gasteiger partial charge in [0.25, 0.3) is 0 Å². The molecule has 1 N–H and O–H groups in total. The molecule has 0 unspecified atom stereocenters. The second kappa shape index (κ2) is 5.10. The highest BCUT2D eigenvalue weighted by molar-refractivity contribution is 5.85. The van der Waals surface area contributed by atoms with Crippen molar-refractivity contribution in [3.8, 4) is 0 Å². The first-order chi connectivity index (χ1) is 7.81. The molecule has 0 aliphatic rings. The van der Waals surface area contributed by atoms with Gasteiger partial charge in [0.15, 0.2) is 0 Å². The molecule has 0 aromatic heterocycles. The van der Waals surface area contributed by atoms with Gasteiger partial charge in [-0.15, -0.1) is 0 Å². The lowest BCUT2D eigenvalue weighted by atomic mass is 10.0. The van der Waals surface area contributed by atoms with E-state index in [2.05, 4.69) is 42.5 Å². The van der Waals surface area contributed by atoms with Crippen LogP contribution in [0.3, 0.4) is 0 Å². The van der Waals surface area contributed by atoms with Gasteiger partial charge in [-0.1, -0.05) is 42.5 Å². The van der Waals surface area contributed by atoms with Crippen LogP contribution in [-0.4, -0.2) is 30.3 Å². The van der Waals surface area contributed by atoms with E-state index in [1.54, 1.807) is 0 Å². The largest absolute Gasteiger partial charge is 0.381 e. The van der Waals surface area contributed by atoms with Crippen molar-refractivity contribution >= 4 is 10.8 Å². The highest BCUT2D eigenvalue weighted by Gasteiger charge is 2.01. The molecule has 0 aliphatic heterocycles.